The minimum absolute atomic E-state index is 0.153. The number of anilines is 4. The van der Waals surface area contributed by atoms with Gasteiger partial charge in [-0.15, -0.1) is 0 Å². The van der Waals surface area contributed by atoms with Crippen LogP contribution in [0, 0.1) is 11.7 Å². The summed E-state index contributed by atoms with van der Waals surface area (Å²) < 4.78 is 19.1. The predicted molar refractivity (Wildman–Crippen MR) is 128 cm³/mol. The normalized spacial score (nSPS) is 19.4. The largest absolute Gasteiger partial charge is 0.494 e. The summed E-state index contributed by atoms with van der Waals surface area (Å²) in [4.78, 5) is 15.9. The quantitative estimate of drug-likeness (QED) is 0.454. The molecule has 1 aromatic carbocycles. The number of nitrogens with two attached hydrogens (primary N) is 1. The summed E-state index contributed by atoms with van der Waals surface area (Å²) in [7, 11) is 1.44. The second-order valence-electron chi connectivity index (χ2n) is 8.87. The van der Waals surface area contributed by atoms with E-state index < -0.39 is 5.82 Å². The maximum atomic E-state index is 14.1. The Morgan fingerprint density at radius 3 is 2.69 bits per heavy atom. The Bertz CT molecular complexity index is 880. The van der Waals surface area contributed by atoms with Crippen LogP contribution >= 0.6 is 0 Å². The van der Waals surface area contributed by atoms with E-state index in [1.165, 1.54) is 51.7 Å². The molecule has 3 atom stereocenters. The first-order chi connectivity index (χ1) is 15.4. The fourth-order valence-electron chi connectivity index (χ4n) is 4.64. The molecule has 0 spiro atoms. The van der Waals surface area contributed by atoms with Crippen molar-refractivity contribution >= 4 is 23.5 Å². The Hall–Kier alpha value is -2.64. The highest BCUT2D eigenvalue weighted by atomic mass is 19.1. The minimum atomic E-state index is -0.457. The average Bonchev–Trinajstić information content (AvgIpc) is 2.75. The van der Waals surface area contributed by atoms with Crippen LogP contribution in [-0.4, -0.2) is 34.1 Å². The van der Waals surface area contributed by atoms with Crippen molar-refractivity contribution in [2.45, 2.75) is 84.2 Å². The smallest absolute Gasteiger partial charge is 0.233 e. The first-order valence-electron chi connectivity index (χ1n) is 11.8. The van der Waals surface area contributed by atoms with Gasteiger partial charge < -0.3 is 20.7 Å². The summed E-state index contributed by atoms with van der Waals surface area (Å²) in [5.41, 5.74) is 6.61. The Labute approximate surface area is 191 Å². The maximum absolute atomic E-state index is 14.1. The zero-order valence-corrected chi connectivity index (χ0v) is 19.8. The molecule has 3 N–H and O–H groups in total. The van der Waals surface area contributed by atoms with Crippen LogP contribution in [-0.2, 0) is 0 Å². The summed E-state index contributed by atoms with van der Waals surface area (Å²) in [5, 5.41) is 3.07. The van der Waals surface area contributed by atoms with Crippen LogP contribution in [0.25, 0.3) is 0 Å². The molecule has 1 aliphatic carbocycles. The molecule has 2 aromatic rings. The van der Waals surface area contributed by atoms with Gasteiger partial charge in [0.2, 0.25) is 17.8 Å². The van der Waals surface area contributed by atoms with Crippen molar-refractivity contribution in [2.24, 2.45) is 5.92 Å². The highest BCUT2D eigenvalue weighted by Gasteiger charge is 2.32. The second kappa shape index (κ2) is 11.3. The van der Waals surface area contributed by atoms with Gasteiger partial charge in [-0.2, -0.15) is 15.0 Å². The van der Waals surface area contributed by atoms with Crippen LogP contribution in [0.4, 0.5) is 27.9 Å². The maximum Gasteiger partial charge on any atom is 0.233 e. The van der Waals surface area contributed by atoms with Crippen LogP contribution in [0.1, 0.15) is 72.1 Å². The van der Waals surface area contributed by atoms with Crippen LogP contribution in [0.5, 0.6) is 5.75 Å². The van der Waals surface area contributed by atoms with Gasteiger partial charge in [-0.3, -0.25) is 0 Å². The predicted octanol–water partition coefficient (Wildman–Crippen LogP) is 5.70. The number of rotatable bonds is 10. The number of hydrogen-bond donors (Lipinski definition) is 2. The number of ether oxygens (including phenoxy) is 1. The number of halogens is 1. The zero-order valence-electron chi connectivity index (χ0n) is 19.8. The fourth-order valence-corrected chi connectivity index (χ4v) is 4.64. The highest BCUT2D eigenvalue weighted by molar-refractivity contribution is 5.57. The highest BCUT2D eigenvalue weighted by Crippen LogP contribution is 2.33. The minimum Gasteiger partial charge on any atom is -0.494 e. The molecule has 0 radical (unpaired) electrons. The van der Waals surface area contributed by atoms with Gasteiger partial charge in [0.1, 0.15) is 0 Å². The number of methoxy groups -OCH3 is 1. The van der Waals surface area contributed by atoms with Gasteiger partial charge in [0.05, 0.1) is 7.11 Å². The number of unbranched alkanes of at least 4 members (excludes halogenated alkanes) is 2. The third kappa shape index (κ3) is 5.99. The van der Waals surface area contributed by atoms with Crippen molar-refractivity contribution in [3.8, 4) is 5.75 Å². The van der Waals surface area contributed by atoms with Gasteiger partial charge in [0, 0.05) is 23.8 Å². The number of benzene rings is 1. The number of nitrogen functional groups attached to an aromatic ring is 1. The molecule has 3 rings (SSSR count). The van der Waals surface area contributed by atoms with Gasteiger partial charge in [-0.05, 0) is 44.2 Å². The van der Waals surface area contributed by atoms with Gasteiger partial charge in [0.15, 0.2) is 11.6 Å². The summed E-state index contributed by atoms with van der Waals surface area (Å²) in [6.45, 7) is 6.79. The zero-order chi connectivity index (χ0) is 23.1. The molecular formula is C24H37FN6O. The number of nitrogens with zero attached hydrogens (tertiary/aromatic N) is 4. The van der Waals surface area contributed by atoms with Crippen molar-refractivity contribution in [1.82, 2.24) is 15.0 Å². The van der Waals surface area contributed by atoms with Crippen LogP contribution in [0.2, 0.25) is 0 Å². The monoisotopic (exact) mass is 444 g/mol. The van der Waals surface area contributed by atoms with Crippen molar-refractivity contribution in [3.05, 3.63) is 24.0 Å². The lowest BCUT2D eigenvalue weighted by Crippen LogP contribution is -2.47. The first kappa shape index (κ1) is 24.0. The molecule has 176 valence electrons. The molecule has 32 heavy (non-hydrogen) atoms. The summed E-state index contributed by atoms with van der Waals surface area (Å²) in [5.74, 6) is 1.35. The van der Waals surface area contributed by atoms with Crippen LogP contribution < -0.4 is 20.7 Å². The van der Waals surface area contributed by atoms with E-state index in [1.807, 2.05) is 0 Å². The first-order valence-corrected chi connectivity index (χ1v) is 11.8. The van der Waals surface area contributed by atoms with E-state index in [9.17, 15) is 4.39 Å². The molecule has 0 aliphatic heterocycles. The molecule has 1 aliphatic rings. The lowest BCUT2D eigenvalue weighted by atomic mass is 9.84. The van der Waals surface area contributed by atoms with Crippen molar-refractivity contribution in [2.75, 3.05) is 23.1 Å². The number of hydrogen-bond acceptors (Lipinski definition) is 7. The molecule has 1 aromatic heterocycles. The lowest BCUT2D eigenvalue weighted by molar-refractivity contribution is 0.292. The van der Waals surface area contributed by atoms with E-state index >= 15 is 0 Å². The van der Waals surface area contributed by atoms with Crippen LogP contribution in [0.3, 0.4) is 0 Å². The Morgan fingerprint density at radius 1 is 1.22 bits per heavy atom. The third-order valence-electron chi connectivity index (χ3n) is 6.40. The molecule has 3 unspecified atom stereocenters. The molecule has 0 bridgehead atoms. The Morgan fingerprint density at radius 2 is 2.00 bits per heavy atom. The van der Waals surface area contributed by atoms with Crippen molar-refractivity contribution in [1.29, 1.82) is 0 Å². The van der Waals surface area contributed by atoms with Crippen LogP contribution in [0.15, 0.2) is 18.2 Å². The van der Waals surface area contributed by atoms with Crippen molar-refractivity contribution in [3.63, 3.8) is 0 Å². The Kier molecular flexibility index (Phi) is 8.47. The molecule has 0 saturated heterocycles. The van der Waals surface area contributed by atoms with E-state index in [2.05, 4.69) is 41.0 Å². The number of aromatic nitrogens is 3. The topological polar surface area (TPSA) is 89.2 Å². The third-order valence-corrected chi connectivity index (χ3v) is 6.40. The summed E-state index contributed by atoms with van der Waals surface area (Å²) >= 11 is 0. The fraction of sp³-hybridized carbons (Fsp3) is 0.625. The molecular weight excluding hydrogens is 407 g/mol. The summed E-state index contributed by atoms with van der Waals surface area (Å²) in [6, 6.07) is 5.30. The second-order valence-corrected chi connectivity index (χ2v) is 8.87. The lowest BCUT2D eigenvalue weighted by Gasteiger charge is -2.42. The molecule has 1 heterocycles. The standard InChI is InChI=1S/C24H37FN6O/c1-5-6-7-11-17(3)31(20-12-9-8-10-16(20)2)24-29-22(26)28-23(30-24)27-18-13-14-21(32-4)19(25)15-18/h13-17,20H,5-12H2,1-4H3,(H3,26,27,28,29,30). The molecule has 1 saturated carbocycles. The van der Waals surface area contributed by atoms with E-state index in [0.717, 1.165) is 12.8 Å². The molecule has 8 heteroatoms. The Balaban J connectivity index is 1.90. The van der Waals surface area contributed by atoms with Gasteiger partial charge in [0.25, 0.3) is 0 Å². The van der Waals surface area contributed by atoms with E-state index in [0.29, 0.717) is 35.6 Å². The van der Waals surface area contributed by atoms with Crippen molar-refractivity contribution < 1.29 is 9.13 Å². The van der Waals surface area contributed by atoms with Gasteiger partial charge >= 0.3 is 0 Å². The average molecular weight is 445 g/mol. The van der Waals surface area contributed by atoms with Gasteiger partial charge in [-0.1, -0.05) is 46.0 Å². The van der Waals surface area contributed by atoms with E-state index in [-0.39, 0.29) is 11.7 Å². The molecule has 7 nitrogen and oxygen atoms in total. The van der Waals surface area contributed by atoms with E-state index in [4.69, 9.17) is 15.5 Å². The molecule has 1 fully saturated rings. The van der Waals surface area contributed by atoms with E-state index in [1.54, 1.807) is 12.1 Å². The van der Waals surface area contributed by atoms with Gasteiger partial charge in [-0.25, -0.2) is 4.39 Å². The number of nitrogens with one attached hydrogen (secondary N) is 1. The SMILES string of the molecule is CCCCCC(C)N(c1nc(N)nc(Nc2ccc(OC)c(F)c2)n1)C1CCCCC1C. The molecule has 0 amide bonds. The summed E-state index contributed by atoms with van der Waals surface area (Å²) in [6.07, 6.45) is 9.47.